The Hall–Kier alpha value is -6.04. The van der Waals surface area contributed by atoms with Crippen LogP contribution in [0.3, 0.4) is 0 Å². The number of hydrogen-bond acceptors (Lipinski definition) is 11. The van der Waals surface area contributed by atoms with Crippen LogP contribution in [0.5, 0.6) is 6.01 Å². The van der Waals surface area contributed by atoms with E-state index < -0.39 is 54.1 Å². The van der Waals surface area contributed by atoms with Crippen LogP contribution < -0.4 is 31.3 Å². The fraction of sp³-hybridized carbons (Fsp3) is 0.294. The molecule has 2 aromatic carbocycles. The van der Waals surface area contributed by atoms with Crippen LogP contribution in [-0.2, 0) is 26.3 Å². The molecule has 1 atom stereocenters. The third-order valence-corrected chi connectivity index (χ3v) is 8.08. The van der Waals surface area contributed by atoms with Crippen molar-refractivity contribution in [2.45, 2.75) is 43.4 Å². The van der Waals surface area contributed by atoms with E-state index in [1.165, 1.54) is 24.3 Å². The topological polar surface area (TPSA) is 209 Å². The monoisotopic (exact) mass is 755 g/mol. The molecule has 0 saturated heterocycles. The van der Waals surface area contributed by atoms with Crippen LogP contribution in [0.4, 0.5) is 30.8 Å². The maximum absolute atomic E-state index is 12.9. The number of nitrogens with one attached hydrogen (secondary N) is 5. The van der Waals surface area contributed by atoms with E-state index in [0.717, 1.165) is 11.1 Å². The van der Waals surface area contributed by atoms with Crippen molar-refractivity contribution in [2.75, 3.05) is 30.3 Å². The Kier molecular flexibility index (Phi) is 12.2. The number of aliphatic carboxylic acids is 1. The standard InChI is InChI=1S/C34H33ClF3N9O6/c35-23-7-5-22(6-8-23)33(13-14-33)47-31-44-30(45-32(46-31)53-19-34(36,37)38)42-24-9-3-21(4-10-24)26(48)43-25(29(51)52)12-17-41-28(50)27(49)40-16-11-20-2-1-15-39-18-20/h1-10,15,18,25H,11-14,16-17,19H2,(H,40,49)(H,41,50)(H,43,48)(H,51,52)(H2,42,44,45,46,47)/t25-/m0/s1. The highest BCUT2D eigenvalue weighted by Gasteiger charge is 2.45. The van der Waals surface area contributed by atoms with E-state index in [2.05, 4.69) is 46.5 Å². The maximum Gasteiger partial charge on any atom is 0.422 e. The van der Waals surface area contributed by atoms with Gasteiger partial charge in [0.2, 0.25) is 11.9 Å². The molecule has 0 unspecified atom stereocenters. The number of carbonyl (C=O) groups is 4. The molecular weight excluding hydrogens is 723 g/mol. The third kappa shape index (κ3) is 11.5. The van der Waals surface area contributed by atoms with Crippen molar-refractivity contribution in [1.29, 1.82) is 0 Å². The number of nitrogens with zero attached hydrogens (tertiary/aromatic N) is 4. The van der Waals surface area contributed by atoms with Gasteiger partial charge >= 0.3 is 30.0 Å². The van der Waals surface area contributed by atoms with Crippen molar-refractivity contribution in [3.63, 3.8) is 0 Å². The van der Waals surface area contributed by atoms with E-state index in [1.807, 2.05) is 18.2 Å². The normalized spacial score (nSPS) is 13.6. The Morgan fingerprint density at radius 1 is 0.906 bits per heavy atom. The average molecular weight is 756 g/mol. The van der Waals surface area contributed by atoms with Gasteiger partial charge in [0.1, 0.15) is 6.04 Å². The van der Waals surface area contributed by atoms with Crippen LogP contribution in [0.1, 0.15) is 40.7 Å². The molecule has 4 aromatic rings. The number of benzene rings is 2. The fourth-order valence-corrected chi connectivity index (χ4v) is 5.09. The number of amides is 3. The predicted octanol–water partition coefficient (Wildman–Crippen LogP) is 3.75. The van der Waals surface area contributed by atoms with Crippen LogP contribution in [0.25, 0.3) is 0 Å². The summed E-state index contributed by atoms with van der Waals surface area (Å²) < 4.78 is 43.6. The summed E-state index contributed by atoms with van der Waals surface area (Å²) in [5.41, 5.74) is 1.59. The largest absolute Gasteiger partial charge is 0.480 e. The highest BCUT2D eigenvalue weighted by molar-refractivity contribution is 6.35. The average Bonchev–Trinajstić information content (AvgIpc) is 3.91. The van der Waals surface area contributed by atoms with E-state index >= 15 is 0 Å². The molecule has 0 bridgehead atoms. The van der Waals surface area contributed by atoms with E-state index in [1.54, 1.807) is 30.6 Å². The maximum atomic E-state index is 12.9. The first-order chi connectivity index (χ1) is 25.3. The lowest BCUT2D eigenvalue weighted by Gasteiger charge is -2.19. The van der Waals surface area contributed by atoms with Gasteiger partial charge in [-0.2, -0.15) is 28.1 Å². The Morgan fingerprint density at radius 2 is 1.58 bits per heavy atom. The number of carboxylic acid groups (broad SMARTS) is 1. The zero-order valence-corrected chi connectivity index (χ0v) is 28.5. The lowest BCUT2D eigenvalue weighted by molar-refractivity contribution is -0.154. The minimum Gasteiger partial charge on any atom is -0.480 e. The minimum atomic E-state index is -4.64. The number of halogens is 4. The van der Waals surface area contributed by atoms with Crippen LogP contribution in [0.2, 0.25) is 5.02 Å². The lowest BCUT2D eigenvalue weighted by Crippen LogP contribution is -2.45. The summed E-state index contributed by atoms with van der Waals surface area (Å²) in [5, 5.41) is 23.4. The van der Waals surface area contributed by atoms with Gasteiger partial charge in [0.25, 0.3) is 5.91 Å². The summed E-state index contributed by atoms with van der Waals surface area (Å²) in [4.78, 5) is 65.2. The van der Waals surface area contributed by atoms with E-state index in [0.29, 0.717) is 30.0 Å². The second-order valence-corrected chi connectivity index (χ2v) is 12.3. The summed E-state index contributed by atoms with van der Waals surface area (Å²) in [5.74, 6) is -4.14. The fourth-order valence-electron chi connectivity index (χ4n) is 4.96. The second kappa shape index (κ2) is 17.0. The van der Waals surface area contributed by atoms with Gasteiger partial charge in [-0.25, -0.2) is 4.79 Å². The number of rotatable bonds is 16. The molecule has 0 aliphatic heterocycles. The van der Waals surface area contributed by atoms with Gasteiger partial charge in [-0.15, -0.1) is 0 Å². The van der Waals surface area contributed by atoms with Crippen LogP contribution in [0, 0.1) is 0 Å². The van der Waals surface area contributed by atoms with Gasteiger partial charge in [-0.3, -0.25) is 19.4 Å². The van der Waals surface area contributed by atoms with Crippen molar-refractivity contribution < 1.29 is 42.2 Å². The Morgan fingerprint density at radius 3 is 2.21 bits per heavy atom. The molecule has 0 radical (unpaired) electrons. The number of alkyl halides is 3. The first kappa shape index (κ1) is 38.2. The highest BCUT2D eigenvalue weighted by atomic mass is 35.5. The lowest BCUT2D eigenvalue weighted by atomic mass is 10.1. The van der Waals surface area contributed by atoms with Gasteiger partial charge in [0.05, 0.1) is 5.54 Å². The van der Waals surface area contributed by atoms with E-state index in [9.17, 15) is 37.5 Å². The molecule has 6 N–H and O–H groups in total. The molecule has 2 heterocycles. The van der Waals surface area contributed by atoms with Gasteiger partial charge in [-0.05, 0) is 79.3 Å². The molecule has 3 amide bonds. The van der Waals surface area contributed by atoms with Crippen molar-refractivity contribution in [2.24, 2.45) is 0 Å². The number of anilines is 3. The SMILES string of the molecule is O=C(NCCc1cccnc1)C(=O)NCC[C@H](NC(=O)c1ccc(Nc2nc(NC3(c4ccc(Cl)cc4)CC3)nc(OCC(F)(F)F)n2)cc1)C(=O)O. The van der Waals surface area contributed by atoms with Crippen LogP contribution in [0.15, 0.2) is 73.1 Å². The molecule has 278 valence electrons. The molecule has 0 spiro atoms. The molecule has 2 aromatic heterocycles. The molecule has 53 heavy (non-hydrogen) atoms. The van der Waals surface area contributed by atoms with Gasteiger partial charge in [-0.1, -0.05) is 29.8 Å². The zero-order chi connectivity index (χ0) is 38.0. The number of ether oxygens (including phenoxy) is 1. The molecule has 1 aliphatic rings. The number of pyridine rings is 1. The number of aromatic nitrogens is 4. The van der Waals surface area contributed by atoms with Crippen molar-refractivity contribution >= 4 is 52.9 Å². The first-order valence-corrected chi connectivity index (χ1v) is 16.5. The van der Waals surface area contributed by atoms with Crippen molar-refractivity contribution in [3.05, 3.63) is 94.8 Å². The summed E-state index contributed by atoms with van der Waals surface area (Å²) in [6.07, 6.45) is 0.248. The predicted molar refractivity (Wildman–Crippen MR) is 185 cm³/mol. The zero-order valence-electron chi connectivity index (χ0n) is 27.7. The Labute approximate surface area is 305 Å². The molecule has 5 rings (SSSR count). The van der Waals surface area contributed by atoms with E-state index in [-0.39, 0.29) is 37.0 Å². The van der Waals surface area contributed by atoms with Crippen LogP contribution in [-0.4, -0.2) is 80.6 Å². The van der Waals surface area contributed by atoms with Crippen molar-refractivity contribution in [1.82, 2.24) is 35.9 Å². The molecule has 1 saturated carbocycles. The first-order valence-electron chi connectivity index (χ1n) is 16.1. The Bertz CT molecular complexity index is 1920. The number of hydrogen-bond donors (Lipinski definition) is 6. The van der Waals surface area contributed by atoms with E-state index in [4.69, 9.17) is 16.3 Å². The number of carbonyl (C=O) groups excluding carboxylic acids is 3. The summed E-state index contributed by atoms with van der Waals surface area (Å²) in [7, 11) is 0. The molecule has 15 nitrogen and oxygen atoms in total. The quantitative estimate of drug-likeness (QED) is 0.0904. The summed E-state index contributed by atoms with van der Waals surface area (Å²) in [6, 6.07) is 14.3. The molecule has 1 fully saturated rings. The summed E-state index contributed by atoms with van der Waals surface area (Å²) in [6.45, 7) is -1.65. The third-order valence-electron chi connectivity index (χ3n) is 7.83. The van der Waals surface area contributed by atoms with Gasteiger partial charge in [0, 0.05) is 41.8 Å². The highest BCUT2D eigenvalue weighted by Crippen LogP contribution is 2.48. The Balaban J connectivity index is 1.16. The van der Waals surface area contributed by atoms with Gasteiger partial charge < -0.3 is 36.4 Å². The second-order valence-electron chi connectivity index (χ2n) is 11.9. The minimum absolute atomic E-state index is 0.0412. The molecule has 19 heteroatoms. The molecule has 1 aliphatic carbocycles. The summed E-state index contributed by atoms with van der Waals surface area (Å²) >= 11 is 6.01. The molecular formula is C34H33ClF3N9O6. The number of carboxylic acids is 1. The van der Waals surface area contributed by atoms with Crippen molar-refractivity contribution in [3.8, 4) is 6.01 Å². The van der Waals surface area contributed by atoms with Gasteiger partial charge in [0.15, 0.2) is 6.61 Å². The smallest absolute Gasteiger partial charge is 0.422 e. The van der Waals surface area contributed by atoms with Crippen LogP contribution >= 0.6 is 11.6 Å².